The Morgan fingerprint density at radius 2 is 2.14 bits per heavy atom. The van der Waals surface area contributed by atoms with Crippen molar-refractivity contribution >= 4 is 32.8 Å². The molecule has 2 aromatic rings. The minimum absolute atomic E-state index is 0.779. The highest BCUT2D eigenvalue weighted by Crippen LogP contribution is 2.35. The summed E-state index contributed by atoms with van der Waals surface area (Å²) < 4.78 is 6.15. The summed E-state index contributed by atoms with van der Waals surface area (Å²) in [4.78, 5) is 4.67. The van der Waals surface area contributed by atoms with E-state index in [4.69, 9.17) is 4.74 Å². The molecule has 0 amide bonds. The van der Waals surface area contributed by atoms with Crippen molar-refractivity contribution in [2.75, 3.05) is 7.11 Å². The highest BCUT2D eigenvalue weighted by Gasteiger charge is 2.17. The highest BCUT2D eigenvalue weighted by atomic mass is 79.9. The minimum atomic E-state index is 0.779. The summed E-state index contributed by atoms with van der Waals surface area (Å²) in [5.41, 5.74) is 3.96. The molecule has 3 nitrogen and oxygen atoms in total. The lowest BCUT2D eigenvalue weighted by molar-refractivity contribution is 0.412. The number of allylic oxidation sites excluding steroid dienone is 2. The normalized spacial score (nSPS) is 14.0. The van der Waals surface area contributed by atoms with Crippen molar-refractivity contribution in [2.45, 2.75) is 25.7 Å². The summed E-state index contributed by atoms with van der Waals surface area (Å²) in [6, 6.07) is 8.24. The molecule has 0 spiro atoms. The molecule has 0 unspecified atom stereocenters. The molecule has 0 aliphatic heterocycles. The van der Waals surface area contributed by atoms with Crippen LogP contribution in [0.1, 0.15) is 30.7 Å². The second kappa shape index (κ2) is 6.64. The molecule has 112 valence electrons. The first-order chi connectivity index (χ1) is 10.7. The Labute approximate surface area is 142 Å². The van der Waals surface area contributed by atoms with Crippen LogP contribution in [-0.2, 0) is 0 Å². The van der Waals surface area contributed by atoms with E-state index in [1.54, 1.807) is 18.4 Å². The maximum atomic E-state index is 9.47. The van der Waals surface area contributed by atoms with E-state index in [0.29, 0.717) is 0 Å². The number of rotatable bonds is 3. The van der Waals surface area contributed by atoms with Gasteiger partial charge < -0.3 is 4.74 Å². The largest absolute Gasteiger partial charge is 0.496 e. The molecular weight excluding hydrogens is 360 g/mol. The number of nitriles is 1. The first-order valence-electron chi connectivity index (χ1n) is 7.15. The van der Waals surface area contributed by atoms with E-state index in [1.807, 2.05) is 23.6 Å². The molecule has 1 fully saturated rings. The van der Waals surface area contributed by atoms with Gasteiger partial charge in [-0.2, -0.15) is 5.26 Å². The number of methoxy groups -OCH3 is 1. The number of hydrogen-bond acceptors (Lipinski definition) is 4. The third-order valence-corrected chi connectivity index (χ3v) is 5.32. The fourth-order valence-corrected chi connectivity index (χ4v) is 4.09. The van der Waals surface area contributed by atoms with Crippen molar-refractivity contribution in [3.8, 4) is 23.1 Å². The van der Waals surface area contributed by atoms with Crippen LogP contribution < -0.4 is 4.74 Å². The zero-order valence-electron chi connectivity index (χ0n) is 12.2. The van der Waals surface area contributed by atoms with Gasteiger partial charge in [-0.3, -0.25) is 0 Å². The Morgan fingerprint density at radius 1 is 1.36 bits per heavy atom. The third kappa shape index (κ3) is 2.94. The highest BCUT2D eigenvalue weighted by molar-refractivity contribution is 9.10. The summed E-state index contributed by atoms with van der Waals surface area (Å²) in [6.07, 6.45) is 4.44. The van der Waals surface area contributed by atoms with Gasteiger partial charge in [0.25, 0.3) is 0 Å². The van der Waals surface area contributed by atoms with Crippen molar-refractivity contribution in [3.05, 3.63) is 38.6 Å². The van der Waals surface area contributed by atoms with E-state index in [9.17, 15) is 5.26 Å². The second-order valence-electron chi connectivity index (χ2n) is 5.18. The number of halogens is 1. The zero-order chi connectivity index (χ0) is 15.5. The standard InChI is InChI=1S/C17H15BrN2OS/c1-21-16-7-6-12(8-14(16)18)15-10-22-17(20-15)13(9-19)11-4-2-3-5-11/h6-8,10H,2-5H2,1H3. The van der Waals surface area contributed by atoms with Crippen LogP contribution >= 0.6 is 27.3 Å². The SMILES string of the molecule is COc1ccc(-c2csc(C(C#N)=C3CCCC3)n2)cc1Br. The average Bonchev–Trinajstić information content (AvgIpc) is 3.20. The van der Waals surface area contributed by atoms with Gasteiger partial charge in [0.15, 0.2) is 0 Å². The van der Waals surface area contributed by atoms with Crippen LogP contribution in [-0.4, -0.2) is 12.1 Å². The molecule has 0 N–H and O–H groups in total. The Kier molecular flexibility index (Phi) is 4.60. The molecule has 0 bridgehead atoms. The summed E-state index contributed by atoms with van der Waals surface area (Å²) in [7, 11) is 1.65. The summed E-state index contributed by atoms with van der Waals surface area (Å²) in [6.45, 7) is 0. The summed E-state index contributed by atoms with van der Waals surface area (Å²) in [5, 5.41) is 12.3. The van der Waals surface area contributed by atoms with Gasteiger partial charge in [0, 0.05) is 10.9 Å². The number of ether oxygens (including phenoxy) is 1. The van der Waals surface area contributed by atoms with Crippen molar-refractivity contribution in [3.63, 3.8) is 0 Å². The molecule has 5 heteroatoms. The molecule has 1 saturated carbocycles. The molecule has 0 radical (unpaired) electrons. The first-order valence-corrected chi connectivity index (χ1v) is 8.82. The predicted octanol–water partition coefficient (Wildman–Crippen LogP) is 5.43. The van der Waals surface area contributed by atoms with Crippen LogP contribution in [0.4, 0.5) is 0 Å². The molecule has 1 aromatic heterocycles. The number of nitrogens with zero attached hydrogens (tertiary/aromatic N) is 2. The monoisotopic (exact) mass is 374 g/mol. The maximum Gasteiger partial charge on any atom is 0.134 e. The minimum Gasteiger partial charge on any atom is -0.496 e. The van der Waals surface area contributed by atoms with Gasteiger partial charge in [-0.1, -0.05) is 0 Å². The van der Waals surface area contributed by atoms with Crippen LogP contribution in [0.15, 0.2) is 33.6 Å². The summed E-state index contributed by atoms with van der Waals surface area (Å²) >= 11 is 5.04. The third-order valence-electron chi connectivity index (χ3n) is 3.84. The Hall–Kier alpha value is -1.64. The van der Waals surface area contributed by atoms with Crippen LogP contribution in [0.3, 0.4) is 0 Å². The van der Waals surface area contributed by atoms with Crippen LogP contribution in [0.2, 0.25) is 0 Å². The van der Waals surface area contributed by atoms with Crippen molar-refractivity contribution in [2.24, 2.45) is 0 Å². The molecule has 1 aliphatic rings. The van der Waals surface area contributed by atoms with Crippen LogP contribution in [0.25, 0.3) is 16.8 Å². The van der Waals surface area contributed by atoms with Gasteiger partial charge >= 0.3 is 0 Å². The van der Waals surface area contributed by atoms with Crippen molar-refractivity contribution in [1.29, 1.82) is 5.26 Å². The van der Waals surface area contributed by atoms with E-state index >= 15 is 0 Å². The Bertz CT molecular complexity index is 765. The molecular formula is C17H15BrN2OS. The molecule has 22 heavy (non-hydrogen) atoms. The summed E-state index contributed by atoms with van der Waals surface area (Å²) in [5.74, 6) is 0.796. The molecule has 0 saturated heterocycles. The van der Waals surface area contributed by atoms with E-state index in [0.717, 1.165) is 44.9 Å². The Balaban J connectivity index is 1.95. The lowest BCUT2D eigenvalue weighted by Crippen LogP contribution is -1.88. The molecule has 1 heterocycles. The van der Waals surface area contributed by atoms with Gasteiger partial charge in [0.2, 0.25) is 0 Å². The number of benzene rings is 1. The predicted molar refractivity (Wildman–Crippen MR) is 92.8 cm³/mol. The van der Waals surface area contributed by atoms with Crippen molar-refractivity contribution in [1.82, 2.24) is 4.98 Å². The molecule has 1 aromatic carbocycles. The van der Waals surface area contributed by atoms with E-state index in [-0.39, 0.29) is 0 Å². The average molecular weight is 375 g/mol. The molecule has 3 rings (SSSR count). The number of thiazole rings is 1. The number of hydrogen-bond donors (Lipinski definition) is 0. The van der Waals surface area contributed by atoms with Gasteiger partial charge in [-0.15, -0.1) is 11.3 Å². The first kappa shape index (κ1) is 15.3. The second-order valence-corrected chi connectivity index (χ2v) is 6.90. The van der Waals surface area contributed by atoms with Crippen LogP contribution in [0.5, 0.6) is 5.75 Å². The fourth-order valence-electron chi connectivity index (χ4n) is 2.68. The van der Waals surface area contributed by atoms with E-state index in [2.05, 4.69) is 27.0 Å². The van der Waals surface area contributed by atoms with Gasteiger partial charge in [-0.25, -0.2) is 4.98 Å². The fraction of sp³-hybridized carbons (Fsp3) is 0.294. The van der Waals surface area contributed by atoms with E-state index < -0.39 is 0 Å². The van der Waals surface area contributed by atoms with Crippen molar-refractivity contribution < 1.29 is 4.74 Å². The van der Waals surface area contributed by atoms with E-state index in [1.165, 1.54) is 18.4 Å². The lowest BCUT2D eigenvalue weighted by atomic mass is 10.1. The molecule has 1 aliphatic carbocycles. The quantitative estimate of drug-likeness (QED) is 0.672. The zero-order valence-corrected chi connectivity index (χ0v) is 14.6. The van der Waals surface area contributed by atoms with Gasteiger partial charge in [-0.05, 0) is 65.4 Å². The number of aromatic nitrogens is 1. The van der Waals surface area contributed by atoms with Gasteiger partial charge in [0.1, 0.15) is 16.8 Å². The molecule has 0 atom stereocenters. The smallest absolute Gasteiger partial charge is 0.134 e. The maximum absolute atomic E-state index is 9.47. The Morgan fingerprint density at radius 3 is 2.77 bits per heavy atom. The van der Waals surface area contributed by atoms with Gasteiger partial charge in [0.05, 0.1) is 22.8 Å². The van der Waals surface area contributed by atoms with Crippen LogP contribution in [0, 0.1) is 11.3 Å². The lowest BCUT2D eigenvalue weighted by Gasteiger charge is -2.04. The topological polar surface area (TPSA) is 45.9 Å².